The van der Waals surface area contributed by atoms with Crippen LogP contribution in [0.5, 0.6) is 0 Å². The molecule has 0 aromatic rings. The number of alkyl halides is 3. The summed E-state index contributed by atoms with van der Waals surface area (Å²) in [5.74, 6) is -1.03. The van der Waals surface area contributed by atoms with Crippen LogP contribution in [0.3, 0.4) is 0 Å². The number of halogens is 3. The van der Waals surface area contributed by atoms with Crippen molar-refractivity contribution in [3.8, 4) is 0 Å². The largest absolute Gasteiger partial charge is 0.435 e. The molecule has 0 radical (unpaired) electrons. The number of hydrogen-bond donors (Lipinski definition) is 0. The highest BCUT2D eigenvalue weighted by atomic mass is 19.4. The van der Waals surface area contributed by atoms with Crippen molar-refractivity contribution in [1.82, 2.24) is 5.01 Å². The molecular weight excluding hydrogens is 381 g/mol. The number of rotatable bonds is 0. The lowest BCUT2D eigenvalue weighted by molar-refractivity contribution is -0.130. The molecule has 2 rings (SSSR count). The molecule has 0 saturated heterocycles. The van der Waals surface area contributed by atoms with Crippen molar-refractivity contribution in [3.05, 3.63) is 34.4 Å². The van der Waals surface area contributed by atoms with Gasteiger partial charge in [-0.3, -0.25) is 9.59 Å². The number of amides is 1. The summed E-state index contributed by atoms with van der Waals surface area (Å²) in [6, 6.07) is 0. The summed E-state index contributed by atoms with van der Waals surface area (Å²) in [7, 11) is 0. The molecular formula is C22H29F3N2O2. The molecule has 160 valence electrons. The van der Waals surface area contributed by atoms with Crippen LogP contribution in [0.2, 0.25) is 0 Å². The van der Waals surface area contributed by atoms with Gasteiger partial charge in [-0.05, 0) is 49.3 Å². The zero-order valence-corrected chi connectivity index (χ0v) is 18.5. The molecule has 0 unspecified atom stereocenters. The average Bonchev–Trinajstić information content (AvgIpc) is 2.82. The van der Waals surface area contributed by atoms with E-state index in [4.69, 9.17) is 0 Å². The van der Waals surface area contributed by atoms with Crippen molar-refractivity contribution in [2.24, 2.45) is 15.9 Å². The van der Waals surface area contributed by atoms with Crippen molar-refractivity contribution in [2.75, 3.05) is 0 Å². The van der Waals surface area contributed by atoms with E-state index in [-0.39, 0.29) is 11.4 Å². The van der Waals surface area contributed by atoms with Crippen molar-refractivity contribution in [1.29, 1.82) is 0 Å². The molecule has 0 bridgehead atoms. The van der Waals surface area contributed by atoms with Crippen molar-refractivity contribution in [2.45, 2.75) is 74.0 Å². The van der Waals surface area contributed by atoms with Crippen molar-refractivity contribution in [3.63, 3.8) is 0 Å². The molecule has 1 aliphatic heterocycles. The van der Waals surface area contributed by atoms with Gasteiger partial charge in [0.2, 0.25) is 0 Å². The normalized spacial score (nSPS) is 19.6. The molecule has 2 aliphatic rings. The van der Waals surface area contributed by atoms with Crippen LogP contribution < -0.4 is 0 Å². The Hall–Kier alpha value is -2.18. The van der Waals surface area contributed by atoms with Crippen LogP contribution in [-0.2, 0) is 9.59 Å². The van der Waals surface area contributed by atoms with Gasteiger partial charge >= 0.3 is 6.18 Å². The molecule has 0 saturated carbocycles. The van der Waals surface area contributed by atoms with Crippen molar-refractivity contribution >= 4 is 17.4 Å². The number of hydrazone groups is 1. The van der Waals surface area contributed by atoms with Gasteiger partial charge in [0.05, 0.1) is 11.1 Å². The van der Waals surface area contributed by atoms with Crippen LogP contribution in [0.4, 0.5) is 13.2 Å². The predicted molar refractivity (Wildman–Crippen MR) is 107 cm³/mol. The molecule has 7 heteroatoms. The zero-order chi connectivity index (χ0) is 22.7. The van der Waals surface area contributed by atoms with E-state index in [2.05, 4.69) is 5.10 Å². The number of nitrogens with zero attached hydrogens (tertiary/aromatic N) is 2. The van der Waals surface area contributed by atoms with E-state index < -0.39 is 39.7 Å². The average molecular weight is 410 g/mol. The standard InChI is InChI=1S/C22H29F3N2O2/c1-19(2,3)13-10-12(11-14(16(13)28)20(4,5)6)15-17(22(23,24)25)26-27(18(15)29)21(7,8)9/h10-11H,1-9H3. The fraction of sp³-hybridized carbons (Fsp3) is 0.591. The molecule has 1 aliphatic carbocycles. The first kappa shape index (κ1) is 23.1. The number of allylic oxidation sites excluding steroid dienone is 5. The summed E-state index contributed by atoms with van der Waals surface area (Å²) < 4.78 is 41.4. The topological polar surface area (TPSA) is 49.7 Å². The second kappa shape index (κ2) is 6.67. The molecule has 4 nitrogen and oxygen atoms in total. The smallest absolute Gasteiger partial charge is 0.289 e. The van der Waals surface area contributed by atoms with E-state index in [0.29, 0.717) is 11.1 Å². The predicted octanol–water partition coefficient (Wildman–Crippen LogP) is 5.37. The summed E-state index contributed by atoms with van der Waals surface area (Å²) in [5, 5.41) is 4.50. The number of Topliss-reactive ketones (excluding diaryl/α,β-unsaturated/α-hetero) is 1. The first-order valence-corrected chi connectivity index (χ1v) is 9.50. The molecule has 1 amide bonds. The Morgan fingerprint density at radius 3 is 1.52 bits per heavy atom. The van der Waals surface area contributed by atoms with Crippen LogP contribution in [-0.4, -0.2) is 34.1 Å². The minimum absolute atomic E-state index is 0.0762. The Morgan fingerprint density at radius 1 is 0.793 bits per heavy atom. The van der Waals surface area contributed by atoms with Crippen LogP contribution in [0.15, 0.2) is 39.5 Å². The first-order chi connectivity index (χ1) is 12.8. The van der Waals surface area contributed by atoms with E-state index in [9.17, 15) is 22.8 Å². The second-order valence-electron chi connectivity index (χ2n) is 10.5. The van der Waals surface area contributed by atoms with Gasteiger partial charge in [-0.15, -0.1) is 0 Å². The molecule has 0 spiro atoms. The summed E-state index contributed by atoms with van der Waals surface area (Å²) in [4.78, 5) is 26.1. The first-order valence-electron chi connectivity index (χ1n) is 9.50. The van der Waals surface area contributed by atoms with Crippen LogP contribution >= 0.6 is 0 Å². The Kier molecular flexibility index (Phi) is 5.32. The summed E-state index contributed by atoms with van der Waals surface area (Å²) in [6.07, 6.45) is -1.97. The number of ketones is 1. The maximum Gasteiger partial charge on any atom is 0.435 e. The van der Waals surface area contributed by atoms with E-state index in [1.165, 1.54) is 12.2 Å². The van der Waals surface area contributed by atoms with E-state index in [1.807, 2.05) is 41.5 Å². The summed E-state index contributed by atoms with van der Waals surface area (Å²) in [6.45, 7) is 15.8. The van der Waals surface area contributed by atoms with Gasteiger partial charge in [-0.25, -0.2) is 5.01 Å². The molecule has 0 fully saturated rings. The molecule has 29 heavy (non-hydrogen) atoms. The maximum absolute atomic E-state index is 13.8. The molecule has 0 aromatic heterocycles. The van der Waals surface area contributed by atoms with Crippen molar-refractivity contribution < 1.29 is 22.8 Å². The zero-order valence-electron chi connectivity index (χ0n) is 18.5. The number of carbonyl (C=O) groups excluding carboxylic acids is 2. The highest BCUT2D eigenvalue weighted by Crippen LogP contribution is 2.42. The lowest BCUT2D eigenvalue weighted by Gasteiger charge is -2.32. The summed E-state index contributed by atoms with van der Waals surface area (Å²) >= 11 is 0. The van der Waals surface area contributed by atoms with Gasteiger partial charge in [0, 0.05) is 11.1 Å². The fourth-order valence-corrected chi connectivity index (χ4v) is 3.20. The minimum Gasteiger partial charge on any atom is -0.289 e. The Bertz CT molecular complexity index is 845. The SMILES string of the molecule is CC(C)(C)C1=CC(=C2C(=O)N(C(C)(C)C)N=C2C(F)(F)F)C=C(C(C)(C)C)C1=O. The van der Waals surface area contributed by atoms with Gasteiger partial charge in [0.25, 0.3) is 5.91 Å². The molecule has 0 atom stereocenters. The van der Waals surface area contributed by atoms with Gasteiger partial charge in [-0.2, -0.15) is 18.3 Å². The monoisotopic (exact) mass is 410 g/mol. The molecule has 0 aromatic carbocycles. The maximum atomic E-state index is 13.8. The number of hydrogen-bond acceptors (Lipinski definition) is 3. The van der Waals surface area contributed by atoms with Crippen LogP contribution in [0.25, 0.3) is 0 Å². The highest BCUT2D eigenvalue weighted by Gasteiger charge is 2.50. The lowest BCUT2D eigenvalue weighted by atomic mass is 9.71. The van der Waals surface area contributed by atoms with E-state index in [1.54, 1.807) is 20.8 Å². The third kappa shape index (κ3) is 4.38. The van der Waals surface area contributed by atoms with Gasteiger partial charge in [0.15, 0.2) is 11.5 Å². The van der Waals surface area contributed by atoms with Crippen LogP contribution in [0, 0.1) is 10.8 Å². The second-order valence-corrected chi connectivity index (χ2v) is 10.5. The third-order valence-corrected chi connectivity index (χ3v) is 4.74. The van der Waals surface area contributed by atoms with E-state index in [0.717, 1.165) is 5.01 Å². The molecule has 1 heterocycles. The Labute approximate surface area is 170 Å². The molecule has 0 N–H and O–H groups in total. The highest BCUT2D eigenvalue weighted by molar-refractivity contribution is 6.28. The van der Waals surface area contributed by atoms with Gasteiger partial charge in [-0.1, -0.05) is 41.5 Å². The minimum atomic E-state index is -4.80. The number of carbonyl (C=O) groups is 2. The Morgan fingerprint density at radius 2 is 1.21 bits per heavy atom. The quantitative estimate of drug-likeness (QED) is 0.504. The van der Waals surface area contributed by atoms with Crippen LogP contribution in [0.1, 0.15) is 62.3 Å². The Balaban J connectivity index is 2.89. The third-order valence-electron chi connectivity index (χ3n) is 4.74. The van der Waals surface area contributed by atoms with Gasteiger partial charge in [0.1, 0.15) is 0 Å². The fourth-order valence-electron chi connectivity index (χ4n) is 3.20. The lowest BCUT2D eigenvalue weighted by Crippen LogP contribution is -2.39. The van der Waals surface area contributed by atoms with Gasteiger partial charge < -0.3 is 0 Å². The summed E-state index contributed by atoms with van der Waals surface area (Å²) in [5.41, 5.74) is -3.05. The van der Waals surface area contributed by atoms with E-state index >= 15 is 0 Å².